The first kappa shape index (κ1) is 25.2. The first-order chi connectivity index (χ1) is 14.5. The van der Waals surface area contributed by atoms with Crippen molar-refractivity contribution < 1.29 is 14.6 Å². The fraction of sp³-hybridized carbons (Fsp3) is 0.522. The molecule has 0 saturated carbocycles. The van der Waals surface area contributed by atoms with Crippen LogP contribution in [0.1, 0.15) is 18.4 Å². The minimum atomic E-state index is -0.753. The standard InChI is InChI=1S/C23H34N4O3.ClH/c1-26(2)12-6-14-30-20-9-8-19(15-21(20)29-3)16-24-17-23(28)10-13-27(18-23)22-7-4-5-11-25-22;/h4-5,7-9,11,15,24,28H,6,10,12-14,16-18H2,1-3H3;1H. The summed E-state index contributed by atoms with van der Waals surface area (Å²) >= 11 is 0. The number of rotatable bonds is 11. The summed E-state index contributed by atoms with van der Waals surface area (Å²) in [4.78, 5) is 8.66. The van der Waals surface area contributed by atoms with E-state index in [9.17, 15) is 5.11 Å². The average molecular weight is 451 g/mol. The van der Waals surface area contributed by atoms with Gasteiger partial charge in [0.25, 0.3) is 0 Å². The molecule has 1 atom stereocenters. The average Bonchev–Trinajstić information content (AvgIpc) is 3.14. The zero-order chi connectivity index (χ0) is 21.4. The number of hydrogen-bond donors (Lipinski definition) is 2. The molecular weight excluding hydrogens is 416 g/mol. The smallest absolute Gasteiger partial charge is 0.161 e. The monoisotopic (exact) mass is 450 g/mol. The van der Waals surface area contributed by atoms with Crippen molar-refractivity contribution in [3.8, 4) is 11.5 Å². The number of methoxy groups -OCH3 is 1. The molecule has 0 bridgehead atoms. The van der Waals surface area contributed by atoms with Crippen molar-refractivity contribution in [2.24, 2.45) is 0 Å². The van der Waals surface area contributed by atoms with E-state index in [1.807, 2.05) is 36.4 Å². The van der Waals surface area contributed by atoms with Gasteiger partial charge in [-0.1, -0.05) is 12.1 Å². The summed E-state index contributed by atoms with van der Waals surface area (Å²) in [6.07, 6.45) is 3.47. The molecule has 0 aliphatic carbocycles. The van der Waals surface area contributed by atoms with Gasteiger partial charge < -0.3 is 29.7 Å². The molecule has 1 saturated heterocycles. The van der Waals surface area contributed by atoms with Crippen LogP contribution in [-0.2, 0) is 6.54 Å². The van der Waals surface area contributed by atoms with Crippen LogP contribution in [0.25, 0.3) is 0 Å². The summed E-state index contributed by atoms with van der Waals surface area (Å²) in [7, 11) is 5.77. The molecule has 0 amide bonds. The summed E-state index contributed by atoms with van der Waals surface area (Å²) in [6, 6.07) is 11.8. The molecule has 8 heteroatoms. The number of aliphatic hydroxyl groups is 1. The maximum absolute atomic E-state index is 10.9. The molecule has 1 aliphatic heterocycles. The van der Waals surface area contributed by atoms with Gasteiger partial charge >= 0.3 is 0 Å². The number of hydrogen-bond acceptors (Lipinski definition) is 7. The zero-order valence-electron chi connectivity index (χ0n) is 18.7. The van der Waals surface area contributed by atoms with Crippen LogP contribution in [0.2, 0.25) is 0 Å². The van der Waals surface area contributed by atoms with Crippen molar-refractivity contribution >= 4 is 18.2 Å². The number of benzene rings is 1. The molecule has 2 aromatic rings. The van der Waals surface area contributed by atoms with Crippen molar-refractivity contribution in [1.29, 1.82) is 0 Å². The van der Waals surface area contributed by atoms with Crippen molar-refractivity contribution in [3.05, 3.63) is 48.2 Å². The first-order valence-electron chi connectivity index (χ1n) is 10.5. The van der Waals surface area contributed by atoms with Gasteiger partial charge in [0.15, 0.2) is 11.5 Å². The Morgan fingerprint density at radius 2 is 2.06 bits per heavy atom. The molecule has 1 fully saturated rings. The van der Waals surface area contributed by atoms with Gasteiger partial charge in [0, 0.05) is 38.9 Å². The number of nitrogens with zero attached hydrogens (tertiary/aromatic N) is 3. The lowest BCUT2D eigenvalue weighted by molar-refractivity contribution is 0.0626. The topological polar surface area (TPSA) is 70.1 Å². The minimum Gasteiger partial charge on any atom is -0.493 e. The lowest BCUT2D eigenvalue weighted by Gasteiger charge is -2.24. The van der Waals surface area contributed by atoms with Crippen LogP contribution in [0.5, 0.6) is 11.5 Å². The van der Waals surface area contributed by atoms with E-state index < -0.39 is 5.60 Å². The highest BCUT2D eigenvalue weighted by Crippen LogP contribution is 2.29. The van der Waals surface area contributed by atoms with Gasteiger partial charge in [0.1, 0.15) is 5.82 Å². The van der Waals surface area contributed by atoms with Crippen LogP contribution < -0.4 is 19.7 Å². The fourth-order valence-electron chi connectivity index (χ4n) is 3.68. The lowest BCUT2D eigenvalue weighted by atomic mass is 10.0. The van der Waals surface area contributed by atoms with Gasteiger partial charge in [-0.25, -0.2) is 4.98 Å². The quantitative estimate of drug-likeness (QED) is 0.510. The highest BCUT2D eigenvalue weighted by atomic mass is 35.5. The Balaban J connectivity index is 0.00000341. The van der Waals surface area contributed by atoms with E-state index in [0.29, 0.717) is 26.2 Å². The van der Waals surface area contributed by atoms with Gasteiger partial charge in [0.2, 0.25) is 0 Å². The van der Waals surface area contributed by atoms with Crippen molar-refractivity contribution in [3.63, 3.8) is 0 Å². The predicted octanol–water partition coefficient (Wildman–Crippen LogP) is 2.57. The molecule has 3 rings (SSSR count). The zero-order valence-corrected chi connectivity index (χ0v) is 19.5. The van der Waals surface area contributed by atoms with Gasteiger partial charge in [-0.15, -0.1) is 12.4 Å². The summed E-state index contributed by atoms with van der Waals surface area (Å²) in [5, 5.41) is 14.3. The Hall–Kier alpha value is -2.06. The molecule has 1 aromatic carbocycles. The summed E-state index contributed by atoms with van der Waals surface area (Å²) < 4.78 is 11.4. The maximum atomic E-state index is 10.9. The Kier molecular flexibility index (Phi) is 9.84. The third-order valence-electron chi connectivity index (χ3n) is 5.32. The summed E-state index contributed by atoms with van der Waals surface area (Å²) in [5.41, 5.74) is 0.340. The predicted molar refractivity (Wildman–Crippen MR) is 127 cm³/mol. The second kappa shape index (κ2) is 12.1. The van der Waals surface area contributed by atoms with E-state index in [-0.39, 0.29) is 12.4 Å². The normalized spacial score (nSPS) is 18.2. The van der Waals surface area contributed by atoms with Crippen LogP contribution in [0.3, 0.4) is 0 Å². The molecule has 1 unspecified atom stereocenters. The molecule has 2 N–H and O–H groups in total. The number of β-amino-alcohol motifs (C(OH)–C–C–N with tert-alkyl or cyclic N) is 1. The van der Waals surface area contributed by atoms with E-state index in [0.717, 1.165) is 48.8 Å². The third kappa shape index (κ3) is 7.54. The van der Waals surface area contributed by atoms with Gasteiger partial charge in [0.05, 0.1) is 19.3 Å². The SMILES string of the molecule is COc1cc(CNCC2(O)CCN(c3ccccn3)C2)ccc1OCCCN(C)C.Cl. The molecule has 172 valence electrons. The summed E-state index contributed by atoms with van der Waals surface area (Å²) in [6.45, 7) is 4.23. The number of nitrogens with one attached hydrogen (secondary N) is 1. The lowest BCUT2D eigenvalue weighted by Crippen LogP contribution is -2.43. The fourth-order valence-corrected chi connectivity index (χ4v) is 3.68. The Morgan fingerprint density at radius 3 is 2.77 bits per heavy atom. The maximum Gasteiger partial charge on any atom is 0.161 e. The minimum absolute atomic E-state index is 0. The van der Waals surface area contributed by atoms with Crippen LogP contribution in [-0.4, -0.2) is 74.6 Å². The Labute approximate surface area is 191 Å². The molecule has 1 aliphatic rings. The highest BCUT2D eigenvalue weighted by Gasteiger charge is 2.36. The second-order valence-electron chi connectivity index (χ2n) is 8.18. The highest BCUT2D eigenvalue weighted by molar-refractivity contribution is 5.85. The van der Waals surface area contributed by atoms with Crippen LogP contribution in [0.4, 0.5) is 5.82 Å². The van der Waals surface area contributed by atoms with Gasteiger partial charge in [-0.3, -0.25) is 0 Å². The Bertz CT molecular complexity index is 794. The molecule has 1 aromatic heterocycles. The summed E-state index contributed by atoms with van der Waals surface area (Å²) in [5.74, 6) is 2.42. The van der Waals surface area contributed by atoms with Crippen molar-refractivity contribution in [1.82, 2.24) is 15.2 Å². The van der Waals surface area contributed by atoms with Crippen molar-refractivity contribution in [2.45, 2.75) is 25.0 Å². The van der Waals surface area contributed by atoms with E-state index in [1.165, 1.54) is 0 Å². The second-order valence-corrected chi connectivity index (χ2v) is 8.18. The van der Waals surface area contributed by atoms with E-state index in [2.05, 4.69) is 34.2 Å². The molecular formula is C23H35ClN4O3. The van der Waals surface area contributed by atoms with Crippen LogP contribution in [0, 0.1) is 0 Å². The number of anilines is 1. The molecule has 2 heterocycles. The molecule has 0 radical (unpaired) electrons. The third-order valence-corrected chi connectivity index (χ3v) is 5.32. The Morgan fingerprint density at radius 1 is 1.23 bits per heavy atom. The van der Waals surface area contributed by atoms with E-state index >= 15 is 0 Å². The molecule has 7 nitrogen and oxygen atoms in total. The molecule has 31 heavy (non-hydrogen) atoms. The first-order valence-corrected chi connectivity index (χ1v) is 10.5. The number of ether oxygens (including phenoxy) is 2. The van der Waals surface area contributed by atoms with Crippen molar-refractivity contribution in [2.75, 3.05) is 58.9 Å². The number of pyridine rings is 1. The van der Waals surface area contributed by atoms with Gasteiger partial charge in [-0.05, 0) is 56.8 Å². The van der Waals surface area contributed by atoms with Crippen LogP contribution in [0.15, 0.2) is 42.6 Å². The van der Waals surface area contributed by atoms with Crippen LogP contribution >= 0.6 is 12.4 Å². The number of aromatic nitrogens is 1. The van der Waals surface area contributed by atoms with Gasteiger partial charge in [-0.2, -0.15) is 0 Å². The number of halogens is 1. The van der Waals surface area contributed by atoms with E-state index in [1.54, 1.807) is 13.3 Å². The van der Waals surface area contributed by atoms with E-state index in [4.69, 9.17) is 9.47 Å². The molecule has 0 spiro atoms. The largest absolute Gasteiger partial charge is 0.493 e.